The van der Waals surface area contributed by atoms with Gasteiger partial charge in [0.25, 0.3) is 5.91 Å². The Morgan fingerprint density at radius 3 is 2.52 bits per heavy atom. The van der Waals surface area contributed by atoms with Crippen LogP contribution in [-0.4, -0.2) is 22.0 Å². The predicted molar refractivity (Wildman–Crippen MR) is 91.5 cm³/mol. The molecule has 9 heteroatoms. The molecule has 2 heterocycles. The first-order chi connectivity index (χ1) is 12.0. The second kappa shape index (κ2) is 6.80. The first-order valence-corrected chi connectivity index (χ1v) is 8.43. The fourth-order valence-corrected chi connectivity index (χ4v) is 3.53. The summed E-state index contributed by atoms with van der Waals surface area (Å²) in [7, 11) is 0. The number of carboxylic acids is 1. The van der Waals surface area contributed by atoms with Crippen LogP contribution in [0.4, 0.5) is 9.52 Å². The molecule has 1 amide bonds. The highest BCUT2D eigenvalue weighted by Crippen LogP contribution is 2.32. The van der Waals surface area contributed by atoms with Gasteiger partial charge in [-0.3, -0.25) is 10.1 Å². The number of nitrogens with zero attached hydrogens (tertiary/aromatic N) is 2. The predicted octanol–water partition coefficient (Wildman–Crippen LogP) is 3.83. The minimum atomic E-state index is -1.12. The Morgan fingerprint density at radius 2 is 1.88 bits per heavy atom. The van der Waals surface area contributed by atoms with Crippen molar-refractivity contribution < 1.29 is 19.1 Å². The molecule has 0 atom stereocenters. The van der Waals surface area contributed by atoms with Gasteiger partial charge in [0, 0.05) is 5.56 Å². The van der Waals surface area contributed by atoms with Crippen molar-refractivity contribution in [1.29, 1.82) is 5.26 Å². The van der Waals surface area contributed by atoms with E-state index in [1.165, 1.54) is 30.3 Å². The van der Waals surface area contributed by atoms with E-state index in [4.69, 9.17) is 5.11 Å². The van der Waals surface area contributed by atoms with Crippen LogP contribution in [0.15, 0.2) is 36.4 Å². The van der Waals surface area contributed by atoms with E-state index in [1.807, 2.05) is 6.07 Å². The molecule has 0 fully saturated rings. The van der Waals surface area contributed by atoms with E-state index in [1.54, 1.807) is 6.07 Å². The topological polar surface area (TPSA) is 103 Å². The summed E-state index contributed by atoms with van der Waals surface area (Å²) in [6, 6.07) is 10.6. The highest BCUT2D eigenvalue weighted by atomic mass is 32.1. The maximum absolute atomic E-state index is 13.9. The van der Waals surface area contributed by atoms with Crippen molar-refractivity contribution in [1.82, 2.24) is 4.98 Å². The van der Waals surface area contributed by atoms with Gasteiger partial charge in [-0.15, -0.1) is 11.3 Å². The van der Waals surface area contributed by atoms with Crippen LogP contribution in [0, 0.1) is 17.1 Å². The fourth-order valence-electron chi connectivity index (χ4n) is 2.02. The van der Waals surface area contributed by atoms with Gasteiger partial charge in [-0.05, 0) is 24.3 Å². The maximum Gasteiger partial charge on any atom is 0.345 e. The molecule has 0 aliphatic heterocycles. The molecule has 2 aromatic heterocycles. The minimum absolute atomic E-state index is 0.0362. The zero-order chi connectivity index (χ0) is 18.0. The Bertz CT molecular complexity index is 1020. The monoisotopic (exact) mass is 373 g/mol. The lowest BCUT2D eigenvalue weighted by molar-refractivity contribution is 0.0702. The van der Waals surface area contributed by atoms with Crippen molar-refractivity contribution in [2.45, 2.75) is 0 Å². The molecular weight excluding hydrogens is 365 g/mol. The molecule has 0 saturated heterocycles. The number of anilines is 1. The highest BCUT2D eigenvalue weighted by molar-refractivity contribution is 7.17. The summed E-state index contributed by atoms with van der Waals surface area (Å²) in [5, 5.41) is 20.7. The smallest absolute Gasteiger partial charge is 0.345 e. The molecule has 0 spiro atoms. The molecule has 2 N–H and O–H groups in total. The third-order valence-corrected chi connectivity index (χ3v) is 5.07. The van der Waals surface area contributed by atoms with Crippen LogP contribution in [0.1, 0.15) is 24.2 Å². The van der Waals surface area contributed by atoms with Gasteiger partial charge in [0.1, 0.15) is 27.3 Å². The van der Waals surface area contributed by atoms with E-state index in [0.29, 0.717) is 0 Å². The zero-order valence-electron chi connectivity index (χ0n) is 12.3. The average molecular weight is 373 g/mol. The molecule has 3 rings (SSSR count). The van der Waals surface area contributed by atoms with Crippen LogP contribution in [0.2, 0.25) is 0 Å². The van der Waals surface area contributed by atoms with E-state index < -0.39 is 17.7 Å². The summed E-state index contributed by atoms with van der Waals surface area (Å²) in [5.74, 6) is -2.19. The van der Waals surface area contributed by atoms with E-state index in [-0.39, 0.29) is 31.0 Å². The normalized spacial score (nSPS) is 10.2. The molecule has 1 aromatic carbocycles. The van der Waals surface area contributed by atoms with Crippen LogP contribution in [0.5, 0.6) is 0 Å². The number of nitriles is 1. The van der Waals surface area contributed by atoms with Gasteiger partial charge in [0.15, 0.2) is 5.13 Å². The number of thiazole rings is 1. The van der Waals surface area contributed by atoms with Crippen LogP contribution >= 0.6 is 22.7 Å². The van der Waals surface area contributed by atoms with Gasteiger partial charge in [0.05, 0.1) is 4.88 Å². The van der Waals surface area contributed by atoms with E-state index in [9.17, 15) is 19.2 Å². The quantitative estimate of drug-likeness (QED) is 0.723. The Hall–Kier alpha value is -3.09. The molecule has 0 aliphatic rings. The van der Waals surface area contributed by atoms with Gasteiger partial charge < -0.3 is 5.11 Å². The van der Waals surface area contributed by atoms with Crippen LogP contribution in [-0.2, 0) is 0 Å². The van der Waals surface area contributed by atoms with Crippen molar-refractivity contribution in [3.8, 4) is 17.3 Å². The molecule has 0 saturated carbocycles. The number of carbonyl (C=O) groups is 2. The molecule has 3 aromatic rings. The number of aromatic nitrogens is 1. The minimum Gasteiger partial charge on any atom is -0.477 e. The van der Waals surface area contributed by atoms with Gasteiger partial charge in [-0.2, -0.15) is 5.26 Å². The summed E-state index contributed by atoms with van der Waals surface area (Å²) >= 11 is 1.74. The van der Waals surface area contributed by atoms with Crippen molar-refractivity contribution >= 4 is 39.7 Å². The van der Waals surface area contributed by atoms with Gasteiger partial charge in [-0.1, -0.05) is 23.5 Å². The largest absolute Gasteiger partial charge is 0.477 e. The number of hydrogen-bond acceptors (Lipinski definition) is 6. The van der Waals surface area contributed by atoms with Gasteiger partial charge in [-0.25, -0.2) is 14.2 Å². The first kappa shape index (κ1) is 16.8. The number of carbonyl (C=O) groups excluding carboxylic acids is 1. The molecule has 0 aliphatic carbocycles. The Labute approximate surface area is 148 Å². The van der Waals surface area contributed by atoms with Crippen LogP contribution in [0.3, 0.4) is 0 Å². The second-order valence-corrected chi connectivity index (χ2v) is 6.79. The number of nitrogens with one attached hydrogen (secondary N) is 1. The number of carboxylic acid groups (broad SMARTS) is 1. The molecule has 6 nitrogen and oxygen atoms in total. The number of hydrogen-bond donors (Lipinski definition) is 2. The van der Waals surface area contributed by atoms with Crippen molar-refractivity contribution in [2.24, 2.45) is 0 Å². The third-order valence-electron chi connectivity index (χ3n) is 3.12. The summed E-state index contributed by atoms with van der Waals surface area (Å²) < 4.78 is 13.9. The Morgan fingerprint density at radius 1 is 1.16 bits per heavy atom. The van der Waals surface area contributed by atoms with Crippen molar-refractivity contribution in [3.05, 3.63) is 56.8 Å². The summed E-state index contributed by atoms with van der Waals surface area (Å²) in [6.07, 6.45) is 0. The second-order valence-electron chi connectivity index (χ2n) is 4.71. The third kappa shape index (κ3) is 3.40. The zero-order valence-corrected chi connectivity index (χ0v) is 13.9. The number of halogens is 1. The number of aromatic carboxylic acids is 1. The Kier molecular flexibility index (Phi) is 4.56. The number of amides is 1. The number of benzene rings is 1. The van der Waals surface area contributed by atoms with Gasteiger partial charge >= 0.3 is 5.97 Å². The lowest BCUT2D eigenvalue weighted by Crippen LogP contribution is -2.09. The molecule has 124 valence electrons. The first-order valence-electron chi connectivity index (χ1n) is 6.80. The summed E-state index contributed by atoms with van der Waals surface area (Å²) in [5.41, 5.74) is 0.318. The maximum atomic E-state index is 13.9. The van der Waals surface area contributed by atoms with Crippen LogP contribution in [0.25, 0.3) is 11.3 Å². The molecule has 0 unspecified atom stereocenters. The summed E-state index contributed by atoms with van der Waals surface area (Å²) in [6.45, 7) is 0. The standard InChI is InChI=1S/C16H8FN3O3S2/c17-9-4-2-1-3-8(9)13-12(7-18)25-16(19-13)20-14(21)10-5-6-11(24-10)15(22)23/h1-6H,(H,22,23)(H,19,20,21). The summed E-state index contributed by atoms with van der Waals surface area (Å²) in [4.78, 5) is 27.6. The lowest BCUT2D eigenvalue weighted by atomic mass is 10.1. The van der Waals surface area contributed by atoms with Crippen LogP contribution < -0.4 is 5.32 Å². The molecule has 0 bridgehead atoms. The molecule has 0 radical (unpaired) electrons. The van der Waals surface area contributed by atoms with Crippen molar-refractivity contribution in [2.75, 3.05) is 5.32 Å². The number of thiophene rings is 1. The number of rotatable bonds is 4. The molecule has 25 heavy (non-hydrogen) atoms. The van der Waals surface area contributed by atoms with Crippen molar-refractivity contribution in [3.63, 3.8) is 0 Å². The fraction of sp³-hybridized carbons (Fsp3) is 0. The average Bonchev–Trinajstić information content (AvgIpc) is 3.22. The highest BCUT2D eigenvalue weighted by Gasteiger charge is 2.19. The van der Waals surface area contributed by atoms with E-state index in [0.717, 1.165) is 22.7 Å². The van der Waals surface area contributed by atoms with Gasteiger partial charge in [0.2, 0.25) is 0 Å². The SMILES string of the molecule is N#Cc1sc(NC(=O)c2ccc(C(=O)O)s2)nc1-c1ccccc1F. The van der Waals surface area contributed by atoms with E-state index >= 15 is 0 Å². The Balaban J connectivity index is 1.89. The van der Waals surface area contributed by atoms with E-state index in [2.05, 4.69) is 10.3 Å². The lowest BCUT2D eigenvalue weighted by Gasteiger charge is -1.99. The molecular formula is C16H8FN3O3S2.